The number of aromatic nitrogens is 1. The molecule has 0 saturated heterocycles. The van der Waals surface area contributed by atoms with Gasteiger partial charge in [-0.1, -0.05) is 23.7 Å². The Morgan fingerprint density at radius 1 is 1.18 bits per heavy atom. The summed E-state index contributed by atoms with van der Waals surface area (Å²) < 4.78 is 53.2. The van der Waals surface area contributed by atoms with E-state index in [-0.39, 0.29) is 16.1 Å². The number of amides is 2. The van der Waals surface area contributed by atoms with E-state index < -0.39 is 46.5 Å². The van der Waals surface area contributed by atoms with Crippen molar-refractivity contribution in [3.05, 3.63) is 58.4 Å². The van der Waals surface area contributed by atoms with Crippen LogP contribution in [0.1, 0.15) is 15.9 Å². The van der Waals surface area contributed by atoms with Gasteiger partial charge in [0.1, 0.15) is 5.56 Å². The van der Waals surface area contributed by atoms with Gasteiger partial charge in [0, 0.05) is 5.39 Å². The van der Waals surface area contributed by atoms with Gasteiger partial charge < -0.3 is 16.2 Å². The van der Waals surface area contributed by atoms with Crippen LogP contribution in [0.5, 0.6) is 5.88 Å². The molecule has 3 aromatic rings. The summed E-state index contributed by atoms with van der Waals surface area (Å²) in [6, 6.07) is 4.60. The molecule has 0 aliphatic carbocycles. The van der Waals surface area contributed by atoms with Gasteiger partial charge in [-0.15, -0.1) is 0 Å². The van der Waals surface area contributed by atoms with E-state index >= 15 is 0 Å². The molecule has 11 heteroatoms. The SMILES string of the molecule is NC(=O)n1c(O)c(C(=O)Nc2cccc(Cl)c2F)c2ccc(C(F)(F)F)cc21. The number of hydrogen-bond acceptors (Lipinski definition) is 3. The molecule has 1 heterocycles. The number of fused-ring (bicyclic) bond motifs is 1. The Labute approximate surface area is 159 Å². The van der Waals surface area contributed by atoms with Crippen molar-refractivity contribution in [1.82, 2.24) is 4.57 Å². The smallest absolute Gasteiger partial charge is 0.416 e. The van der Waals surface area contributed by atoms with Crippen LogP contribution in [0.15, 0.2) is 36.4 Å². The number of alkyl halides is 3. The van der Waals surface area contributed by atoms with Crippen LogP contribution in [0, 0.1) is 5.82 Å². The number of benzene rings is 2. The summed E-state index contributed by atoms with van der Waals surface area (Å²) in [6.45, 7) is 0. The fourth-order valence-corrected chi connectivity index (χ4v) is 2.86. The molecule has 0 fully saturated rings. The van der Waals surface area contributed by atoms with Gasteiger partial charge in [-0.05, 0) is 24.3 Å². The molecular formula is C17H10ClF4N3O3. The fourth-order valence-electron chi connectivity index (χ4n) is 2.68. The molecule has 0 spiro atoms. The average molecular weight is 416 g/mol. The standard InChI is InChI=1S/C17H10ClF4N3O3/c18-9-2-1-3-10(13(9)19)24-14(26)12-8-5-4-7(17(20,21)22)6-11(8)25(15(12)27)16(23)28/h1-6,27H,(H2,23,28)(H,24,26). The zero-order chi connectivity index (χ0) is 20.8. The number of hydrogen-bond donors (Lipinski definition) is 3. The minimum atomic E-state index is -4.73. The van der Waals surface area contributed by atoms with Crippen molar-refractivity contribution in [2.45, 2.75) is 6.18 Å². The van der Waals surface area contributed by atoms with Crippen molar-refractivity contribution < 1.29 is 32.3 Å². The Bertz CT molecular complexity index is 1130. The quantitative estimate of drug-likeness (QED) is 0.543. The number of halogens is 5. The summed E-state index contributed by atoms with van der Waals surface area (Å²) in [4.78, 5) is 24.2. The first-order valence-electron chi connectivity index (χ1n) is 7.52. The second-order valence-corrected chi connectivity index (χ2v) is 6.06. The van der Waals surface area contributed by atoms with E-state index in [1.807, 2.05) is 0 Å². The maximum Gasteiger partial charge on any atom is 0.416 e. The monoisotopic (exact) mass is 415 g/mol. The number of nitrogens with one attached hydrogen (secondary N) is 1. The van der Waals surface area contributed by atoms with E-state index in [1.165, 1.54) is 18.2 Å². The molecule has 0 atom stereocenters. The lowest BCUT2D eigenvalue weighted by Gasteiger charge is -2.08. The van der Waals surface area contributed by atoms with Gasteiger partial charge in [-0.2, -0.15) is 13.2 Å². The third-order valence-corrected chi connectivity index (χ3v) is 4.21. The number of carbonyl (C=O) groups excluding carboxylic acids is 2. The highest BCUT2D eigenvalue weighted by atomic mass is 35.5. The predicted molar refractivity (Wildman–Crippen MR) is 92.9 cm³/mol. The summed E-state index contributed by atoms with van der Waals surface area (Å²) in [5.41, 5.74) is 2.69. The second-order valence-electron chi connectivity index (χ2n) is 5.66. The summed E-state index contributed by atoms with van der Waals surface area (Å²) in [5, 5.41) is 11.9. The molecule has 28 heavy (non-hydrogen) atoms. The summed E-state index contributed by atoms with van der Waals surface area (Å²) in [7, 11) is 0. The minimum absolute atomic E-state index is 0.191. The number of carbonyl (C=O) groups is 2. The van der Waals surface area contributed by atoms with Gasteiger partial charge in [-0.3, -0.25) is 4.79 Å². The first kappa shape index (κ1) is 19.5. The molecule has 0 aliphatic heterocycles. The molecule has 4 N–H and O–H groups in total. The molecule has 146 valence electrons. The normalized spacial score (nSPS) is 11.6. The van der Waals surface area contributed by atoms with Crippen LogP contribution in [0.25, 0.3) is 10.9 Å². The van der Waals surface area contributed by atoms with E-state index in [1.54, 1.807) is 0 Å². The van der Waals surface area contributed by atoms with E-state index in [2.05, 4.69) is 5.32 Å². The Kier molecular flexibility index (Phi) is 4.67. The minimum Gasteiger partial charge on any atom is -0.494 e. The predicted octanol–water partition coefficient (Wildman–Crippen LogP) is 4.34. The van der Waals surface area contributed by atoms with Gasteiger partial charge in [0.05, 0.1) is 21.8 Å². The maximum atomic E-state index is 14.0. The number of rotatable bonds is 2. The summed E-state index contributed by atoms with van der Waals surface area (Å²) >= 11 is 5.63. The molecule has 3 rings (SSSR count). The van der Waals surface area contributed by atoms with Crippen molar-refractivity contribution in [2.75, 3.05) is 5.32 Å². The first-order chi connectivity index (χ1) is 13.0. The van der Waals surface area contributed by atoms with Crippen LogP contribution in [0.3, 0.4) is 0 Å². The highest BCUT2D eigenvalue weighted by Crippen LogP contribution is 2.37. The summed E-state index contributed by atoms with van der Waals surface area (Å²) in [6.07, 6.45) is -4.73. The second kappa shape index (κ2) is 6.71. The van der Waals surface area contributed by atoms with Gasteiger partial charge in [0.15, 0.2) is 5.82 Å². The van der Waals surface area contributed by atoms with E-state index in [0.717, 1.165) is 6.07 Å². The molecule has 0 saturated carbocycles. The van der Waals surface area contributed by atoms with Crippen molar-refractivity contribution >= 4 is 40.1 Å². The molecule has 6 nitrogen and oxygen atoms in total. The highest BCUT2D eigenvalue weighted by molar-refractivity contribution is 6.31. The fraction of sp³-hybridized carbons (Fsp3) is 0.0588. The van der Waals surface area contributed by atoms with Crippen LogP contribution >= 0.6 is 11.6 Å². The molecular weight excluding hydrogens is 406 g/mol. The number of nitrogens with zero attached hydrogens (tertiary/aromatic N) is 1. The van der Waals surface area contributed by atoms with Crippen molar-refractivity contribution in [3.8, 4) is 5.88 Å². The number of anilines is 1. The lowest BCUT2D eigenvalue weighted by atomic mass is 10.1. The zero-order valence-corrected chi connectivity index (χ0v) is 14.4. The topological polar surface area (TPSA) is 97.3 Å². The third-order valence-electron chi connectivity index (χ3n) is 3.92. The molecule has 0 radical (unpaired) electrons. The van der Waals surface area contributed by atoms with Crippen molar-refractivity contribution in [1.29, 1.82) is 0 Å². The van der Waals surface area contributed by atoms with E-state index in [4.69, 9.17) is 17.3 Å². The van der Waals surface area contributed by atoms with E-state index in [0.29, 0.717) is 16.7 Å². The molecule has 1 aromatic heterocycles. The van der Waals surface area contributed by atoms with Gasteiger partial charge in [0.2, 0.25) is 5.88 Å². The van der Waals surface area contributed by atoms with Crippen molar-refractivity contribution in [3.63, 3.8) is 0 Å². The first-order valence-corrected chi connectivity index (χ1v) is 7.90. The van der Waals surface area contributed by atoms with E-state index in [9.17, 15) is 32.3 Å². The highest BCUT2D eigenvalue weighted by Gasteiger charge is 2.33. The number of nitrogens with two attached hydrogens (primary N) is 1. The molecule has 0 unspecified atom stereocenters. The number of aromatic hydroxyl groups is 1. The number of primary amides is 1. The Hall–Kier alpha value is -3.27. The zero-order valence-electron chi connectivity index (χ0n) is 13.6. The van der Waals surface area contributed by atoms with Gasteiger partial charge >= 0.3 is 12.2 Å². The molecule has 0 aliphatic rings. The molecule has 2 amide bonds. The van der Waals surface area contributed by atoms with Crippen LogP contribution in [-0.4, -0.2) is 21.6 Å². The summed E-state index contributed by atoms with van der Waals surface area (Å²) in [5.74, 6) is -3.01. The Morgan fingerprint density at radius 2 is 1.86 bits per heavy atom. The Balaban J connectivity index is 2.18. The van der Waals surface area contributed by atoms with Crippen LogP contribution < -0.4 is 11.1 Å². The van der Waals surface area contributed by atoms with Crippen LogP contribution in [0.2, 0.25) is 5.02 Å². The maximum absolute atomic E-state index is 14.0. The lowest BCUT2D eigenvalue weighted by Crippen LogP contribution is -2.19. The van der Waals surface area contributed by atoms with Crippen LogP contribution in [-0.2, 0) is 6.18 Å². The van der Waals surface area contributed by atoms with Crippen molar-refractivity contribution in [2.24, 2.45) is 5.73 Å². The lowest BCUT2D eigenvalue weighted by molar-refractivity contribution is -0.137. The Morgan fingerprint density at radius 3 is 2.46 bits per heavy atom. The molecule has 0 bridgehead atoms. The van der Waals surface area contributed by atoms with Gasteiger partial charge in [0.25, 0.3) is 5.91 Å². The van der Waals surface area contributed by atoms with Gasteiger partial charge in [-0.25, -0.2) is 13.8 Å². The van der Waals surface area contributed by atoms with Crippen LogP contribution in [0.4, 0.5) is 28.0 Å². The largest absolute Gasteiger partial charge is 0.494 e. The molecule has 2 aromatic carbocycles. The third kappa shape index (κ3) is 3.22. The average Bonchev–Trinajstić information content (AvgIpc) is 2.89.